The van der Waals surface area contributed by atoms with E-state index in [1.807, 2.05) is 6.07 Å². The van der Waals surface area contributed by atoms with E-state index >= 15 is 0 Å². The van der Waals surface area contributed by atoms with E-state index in [2.05, 4.69) is 78.7 Å². The summed E-state index contributed by atoms with van der Waals surface area (Å²) in [5.74, 6) is 0.610. The highest BCUT2D eigenvalue weighted by Crippen LogP contribution is 2.47. The predicted octanol–water partition coefficient (Wildman–Crippen LogP) is 5.04. The van der Waals surface area contributed by atoms with E-state index in [4.69, 9.17) is 0 Å². The minimum atomic E-state index is -0.318. The lowest BCUT2D eigenvalue weighted by Crippen LogP contribution is -2.57. The van der Waals surface area contributed by atoms with Crippen LogP contribution in [0.3, 0.4) is 0 Å². The Hall–Kier alpha value is -2.29. The highest BCUT2D eigenvalue weighted by Gasteiger charge is 2.53. The van der Waals surface area contributed by atoms with Crippen molar-refractivity contribution in [2.75, 3.05) is 6.54 Å². The molecule has 2 fully saturated rings. The Morgan fingerprint density at radius 3 is 2.15 bits per heavy atom. The third-order valence-electron chi connectivity index (χ3n) is 6.47. The summed E-state index contributed by atoms with van der Waals surface area (Å²) >= 11 is 0. The Morgan fingerprint density at radius 2 is 1.54 bits per heavy atom. The second kappa shape index (κ2) is 6.46. The molecule has 26 heavy (non-hydrogen) atoms. The van der Waals surface area contributed by atoms with Gasteiger partial charge in [-0.3, -0.25) is 0 Å². The van der Waals surface area contributed by atoms with Crippen molar-refractivity contribution in [3.8, 4) is 0 Å². The first-order chi connectivity index (χ1) is 12.5. The number of carbonyl (C=O) groups excluding carboxylic acids is 1. The number of benzene rings is 2. The van der Waals surface area contributed by atoms with Gasteiger partial charge in [-0.1, -0.05) is 60.7 Å². The van der Waals surface area contributed by atoms with E-state index in [1.54, 1.807) is 0 Å². The smallest absolute Gasteiger partial charge is 0.318 e. The van der Waals surface area contributed by atoms with Gasteiger partial charge < -0.3 is 10.2 Å². The van der Waals surface area contributed by atoms with Gasteiger partial charge in [-0.2, -0.15) is 0 Å². The molecule has 1 spiro atoms. The van der Waals surface area contributed by atoms with Gasteiger partial charge in [0.25, 0.3) is 0 Å². The number of nitrogens with one attached hydrogen (secondary N) is 1. The molecule has 2 aromatic rings. The van der Waals surface area contributed by atoms with Gasteiger partial charge in [-0.25, -0.2) is 4.79 Å². The van der Waals surface area contributed by atoms with Gasteiger partial charge in [0.2, 0.25) is 0 Å². The molecule has 3 heteroatoms. The van der Waals surface area contributed by atoms with E-state index in [9.17, 15) is 4.79 Å². The molecule has 1 saturated heterocycles. The van der Waals surface area contributed by atoms with Gasteiger partial charge in [-0.15, -0.1) is 0 Å². The van der Waals surface area contributed by atoms with E-state index in [0.29, 0.717) is 5.92 Å². The molecule has 0 aromatic heterocycles. The van der Waals surface area contributed by atoms with Crippen LogP contribution in [0, 0.1) is 0 Å². The number of carbonyl (C=O) groups is 1. The molecule has 0 atom stereocenters. The fraction of sp³-hybridized carbons (Fsp3) is 0.435. The average molecular weight is 348 g/mol. The molecule has 0 bridgehead atoms. The topological polar surface area (TPSA) is 32.3 Å². The molecule has 2 aliphatic rings. The molecule has 4 rings (SSSR count). The molecule has 0 unspecified atom stereocenters. The van der Waals surface area contributed by atoms with Crippen LogP contribution in [0.15, 0.2) is 60.7 Å². The summed E-state index contributed by atoms with van der Waals surface area (Å²) < 4.78 is 0. The van der Waals surface area contributed by atoms with E-state index in [1.165, 1.54) is 11.1 Å². The number of hydrogen-bond donors (Lipinski definition) is 1. The third kappa shape index (κ3) is 2.80. The molecule has 1 N–H and O–H groups in total. The Labute approximate surface area is 156 Å². The lowest BCUT2D eigenvalue weighted by atomic mass is 9.72. The molecule has 2 aromatic carbocycles. The van der Waals surface area contributed by atoms with Gasteiger partial charge in [0, 0.05) is 6.54 Å². The molecule has 3 nitrogen and oxygen atoms in total. The Balaban J connectivity index is 1.59. The van der Waals surface area contributed by atoms with Crippen LogP contribution in [0.25, 0.3) is 0 Å². The lowest BCUT2D eigenvalue weighted by Gasteiger charge is -2.49. The Bertz CT molecular complexity index is 761. The van der Waals surface area contributed by atoms with E-state index < -0.39 is 0 Å². The van der Waals surface area contributed by atoms with Gasteiger partial charge >= 0.3 is 6.03 Å². The first-order valence-corrected chi connectivity index (χ1v) is 9.72. The van der Waals surface area contributed by atoms with Crippen molar-refractivity contribution < 1.29 is 4.79 Å². The van der Waals surface area contributed by atoms with Gasteiger partial charge in [-0.05, 0) is 56.6 Å². The summed E-state index contributed by atoms with van der Waals surface area (Å²) in [6.07, 6.45) is 4.39. The lowest BCUT2D eigenvalue weighted by molar-refractivity contribution is 0.0367. The van der Waals surface area contributed by atoms with Crippen LogP contribution in [0.1, 0.15) is 56.6 Å². The summed E-state index contributed by atoms with van der Waals surface area (Å²) in [6.45, 7) is 5.13. The zero-order chi connectivity index (χ0) is 18.2. The SMILES string of the molecule is CC(C)(c1ccccc1)N1C(=O)NCC12CCC(c1ccccc1)CC2. The van der Waals surface area contributed by atoms with Crippen LogP contribution in [0.2, 0.25) is 0 Å². The summed E-state index contributed by atoms with van der Waals surface area (Å²) in [6, 6.07) is 21.3. The monoisotopic (exact) mass is 348 g/mol. The first-order valence-electron chi connectivity index (χ1n) is 9.72. The third-order valence-corrected chi connectivity index (χ3v) is 6.47. The molecular formula is C23H28N2O. The predicted molar refractivity (Wildman–Crippen MR) is 105 cm³/mol. The van der Waals surface area contributed by atoms with E-state index in [-0.39, 0.29) is 17.1 Å². The van der Waals surface area contributed by atoms with Crippen LogP contribution in [0.4, 0.5) is 4.79 Å². The van der Waals surface area contributed by atoms with Crippen LogP contribution < -0.4 is 5.32 Å². The number of rotatable bonds is 3. The standard InChI is InChI=1S/C23H28N2O/c1-22(2,20-11-7-4-8-12-20)25-21(26)24-17-23(25)15-13-19(14-16-23)18-9-5-3-6-10-18/h3-12,19H,13-17H2,1-2H3,(H,24,26). The fourth-order valence-electron chi connectivity index (χ4n) is 5.05. The van der Waals surface area contributed by atoms with Crippen molar-refractivity contribution in [1.82, 2.24) is 10.2 Å². The molecule has 2 amide bonds. The number of nitrogens with zero attached hydrogens (tertiary/aromatic N) is 1. The van der Waals surface area contributed by atoms with Gasteiger partial charge in [0.15, 0.2) is 0 Å². The van der Waals surface area contributed by atoms with Crippen LogP contribution in [0.5, 0.6) is 0 Å². The van der Waals surface area contributed by atoms with Crippen molar-refractivity contribution in [3.05, 3.63) is 71.8 Å². The number of amides is 2. The van der Waals surface area contributed by atoms with Crippen LogP contribution >= 0.6 is 0 Å². The summed E-state index contributed by atoms with van der Waals surface area (Å²) in [5, 5.41) is 3.15. The minimum Gasteiger partial charge on any atom is -0.336 e. The molecule has 136 valence electrons. The Morgan fingerprint density at radius 1 is 0.962 bits per heavy atom. The molecule has 1 saturated carbocycles. The molecule has 1 aliphatic carbocycles. The summed E-state index contributed by atoms with van der Waals surface area (Å²) in [5.41, 5.74) is 2.25. The molecule has 1 heterocycles. The quantitative estimate of drug-likeness (QED) is 0.828. The van der Waals surface area contributed by atoms with Gasteiger partial charge in [0.1, 0.15) is 0 Å². The second-order valence-electron chi connectivity index (χ2n) is 8.33. The second-order valence-corrected chi connectivity index (χ2v) is 8.33. The van der Waals surface area contributed by atoms with Crippen molar-refractivity contribution in [2.45, 2.75) is 56.5 Å². The largest absolute Gasteiger partial charge is 0.336 e. The first kappa shape index (κ1) is 17.1. The summed E-state index contributed by atoms with van der Waals surface area (Å²) in [7, 11) is 0. The zero-order valence-corrected chi connectivity index (χ0v) is 15.7. The highest BCUT2D eigenvalue weighted by molar-refractivity contribution is 5.79. The molecule has 0 radical (unpaired) electrons. The molecule has 1 aliphatic heterocycles. The Kier molecular flexibility index (Phi) is 4.26. The minimum absolute atomic E-state index is 0.0678. The average Bonchev–Trinajstić information content (AvgIpc) is 3.00. The number of hydrogen-bond acceptors (Lipinski definition) is 1. The van der Waals surface area contributed by atoms with Crippen molar-refractivity contribution in [2.24, 2.45) is 0 Å². The number of urea groups is 1. The normalized spacial score (nSPS) is 26.2. The van der Waals surface area contributed by atoms with Crippen LogP contribution in [-0.4, -0.2) is 23.0 Å². The van der Waals surface area contributed by atoms with Crippen LogP contribution in [-0.2, 0) is 5.54 Å². The molecular weight excluding hydrogens is 320 g/mol. The maximum absolute atomic E-state index is 12.8. The zero-order valence-electron chi connectivity index (χ0n) is 15.7. The maximum Gasteiger partial charge on any atom is 0.318 e. The van der Waals surface area contributed by atoms with Crippen molar-refractivity contribution >= 4 is 6.03 Å². The van der Waals surface area contributed by atoms with Gasteiger partial charge in [0.05, 0.1) is 11.1 Å². The van der Waals surface area contributed by atoms with Crippen molar-refractivity contribution in [1.29, 1.82) is 0 Å². The summed E-state index contributed by atoms with van der Waals surface area (Å²) in [4.78, 5) is 15.0. The fourth-order valence-corrected chi connectivity index (χ4v) is 5.05. The maximum atomic E-state index is 12.8. The van der Waals surface area contributed by atoms with E-state index in [0.717, 1.165) is 32.2 Å². The van der Waals surface area contributed by atoms with Crippen molar-refractivity contribution in [3.63, 3.8) is 0 Å². The highest BCUT2D eigenvalue weighted by atomic mass is 16.2.